The van der Waals surface area contributed by atoms with Crippen LogP contribution >= 0.6 is 0 Å². The number of nitrogens with zero attached hydrogens (tertiary/aromatic N) is 1. The molecule has 0 spiro atoms. The van der Waals surface area contributed by atoms with E-state index in [0.29, 0.717) is 6.42 Å². The van der Waals surface area contributed by atoms with E-state index in [-0.39, 0.29) is 5.54 Å². The van der Waals surface area contributed by atoms with Gasteiger partial charge in [-0.2, -0.15) is 0 Å². The van der Waals surface area contributed by atoms with E-state index in [2.05, 4.69) is 56.0 Å². The van der Waals surface area contributed by atoms with Gasteiger partial charge in [0, 0.05) is 18.5 Å². The van der Waals surface area contributed by atoms with Gasteiger partial charge in [0.2, 0.25) is 0 Å². The summed E-state index contributed by atoms with van der Waals surface area (Å²) in [6.07, 6.45) is 5.64. The summed E-state index contributed by atoms with van der Waals surface area (Å²) < 4.78 is 0. The first kappa shape index (κ1) is 18.7. The molecule has 0 aliphatic carbocycles. The standard InChI is InChI=1S/C19H31NO2/c1-19(2,3)20(16-17-12-8-7-9-13-17)15-11-6-4-5-10-14-18(21)22/h7-9,12-13H,4-6,10-11,14-16H2,1-3H3,(H,21,22). The first-order valence-corrected chi connectivity index (χ1v) is 8.40. The van der Waals surface area contributed by atoms with Gasteiger partial charge in [-0.3, -0.25) is 9.69 Å². The van der Waals surface area contributed by atoms with Crippen LogP contribution in [0, 0.1) is 0 Å². The third-order valence-corrected chi connectivity index (χ3v) is 3.98. The van der Waals surface area contributed by atoms with E-state index < -0.39 is 5.97 Å². The van der Waals surface area contributed by atoms with Crippen molar-refractivity contribution in [2.75, 3.05) is 6.54 Å². The van der Waals surface area contributed by atoms with Crippen LogP contribution < -0.4 is 0 Å². The van der Waals surface area contributed by atoms with Gasteiger partial charge >= 0.3 is 5.97 Å². The van der Waals surface area contributed by atoms with Crippen molar-refractivity contribution in [3.8, 4) is 0 Å². The average Bonchev–Trinajstić information content (AvgIpc) is 2.44. The molecule has 0 fully saturated rings. The van der Waals surface area contributed by atoms with Gasteiger partial charge in [0.05, 0.1) is 0 Å². The molecule has 0 saturated heterocycles. The number of carboxylic acids is 1. The molecule has 1 aromatic carbocycles. The van der Waals surface area contributed by atoms with Crippen LogP contribution in [-0.2, 0) is 11.3 Å². The van der Waals surface area contributed by atoms with Gasteiger partial charge in [-0.1, -0.05) is 49.6 Å². The summed E-state index contributed by atoms with van der Waals surface area (Å²) in [6, 6.07) is 10.6. The molecular formula is C19H31NO2. The Balaban J connectivity index is 2.29. The minimum absolute atomic E-state index is 0.166. The Hall–Kier alpha value is -1.35. The SMILES string of the molecule is CC(C)(C)N(CCCCCCCC(=O)O)Cc1ccccc1. The zero-order valence-electron chi connectivity index (χ0n) is 14.3. The van der Waals surface area contributed by atoms with E-state index in [1.807, 2.05) is 0 Å². The molecule has 0 bridgehead atoms. The van der Waals surface area contributed by atoms with Crippen LogP contribution in [0.2, 0.25) is 0 Å². The van der Waals surface area contributed by atoms with E-state index in [1.165, 1.54) is 18.4 Å². The van der Waals surface area contributed by atoms with E-state index in [0.717, 1.165) is 32.4 Å². The van der Waals surface area contributed by atoms with Crippen molar-refractivity contribution in [1.82, 2.24) is 4.90 Å². The number of aliphatic carboxylic acids is 1. The fourth-order valence-corrected chi connectivity index (χ4v) is 2.56. The molecule has 0 aromatic heterocycles. The largest absolute Gasteiger partial charge is 0.481 e. The zero-order chi connectivity index (χ0) is 16.4. The maximum atomic E-state index is 10.5. The predicted octanol–water partition coefficient (Wildman–Crippen LogP) is 4.71. The van der Waals surface area contributed by atoms with Crippen LogP contribution in [0.25, 0.3) is 0 Å². The highest BCUT2D eigenvalue weighted by atomic mass is 16.4. The number of rotatable bonds is 10. The van der Waals surface area contributed by atoms with Crippen LogP contribution in [0.5, 0.6) is 0 Å². The molecule has 1 N–H and O–H groups in total. The molecule has 22 heavy (non-hydrogen) atoms. The Morgan fingerprint density at radius 3 is 2.18 bits per heavy atom. The summed E-state index contributed by atoms with van der Waals surface area (Å²) >= 11 is 0. The van der Waals surface area contributed by atoms with E-state index >= 15 is 0 Å². The summed E-state index contributed by atoms with van der Waals surface area (Å²) in [5, 5.41) is 8.61. The molecule has 0 unspecified atom stereocenters. The Kier molecular flexibility index (Phi) is 8.18. The summed E-state index contributed by atoms with van der Waals surface area (Å²) in [5.74, 6) is -0.679. The first-order chi connectivity index (χ1) is 10.4. The maximum Gasteiger partial charge on any atom is 0.303 e. The van der Waals surface area contributed by atoms with Crippen molar-refractivity contribution in [3.63, 3.8) is 0 Å². The molecule has 0 amide bonds. The van der Waals surface area contributed by atoms with Gasteiger partial charge in [-0.05, 0) is 45.7 Å². The lowest BCUT2D eigenvalue weighted by Gasteiger charge is -2.36. The molecule has 3 heteroatoms. The lowest BCUT2D eigenvalue weighted by atomic mass is 10.0. The quantitative estimate of drug-likeness (QED) is 0.636. The number of unbranched alkanes of at least 4 members (excludes halogenated alkanes) is 4. The van der Waals surface area contributed by atoms with Gasteiger partial charge in [0.15, 0.2) is 0 Å². The molecule has 1 rings (SSSR count). The second kappa shape index (κ2) is 9.62. The van der Waals surface area contributed by atoms with Crippen molar-refractivity contribution in [1.29, 1.82) is 0 Å². The minimum Gasteiger partial charge on any atom is -0.481 e. The van der Waals surface area contributed by atoms with E-state index in [9.17, 15) is 4.79 Å². The van der Waals surface area contributed by atoms with Crippen molar-refractivity contribution in [2.24, 2.45) is 0 Å². The fraction of sp³-hybridized carbons (Fsp3) is 0.632. The molecule has 3 nitrogen and oxygen atoms in total. The van der Waals surface area contributed by atoms with Crippen LogP contribution in [0.1, 0.15) is 64.9 Å². The second-order valence-corrected chi connectivity index (χ2v) is 6.99. The van der Waals surface area contributed by atoms with E-state index in [4.69, 9.17) is 5.11 Å². The summed E-state index contributed by atoms with van der Waals surface area (Å²) in [6.45, 7) is 8.88. The van der Waals surface area contributed by atoms with Crippen molar-refractivity contribution in [3.05, 3.63) is 35.9 Å². The summed E-state index contributed by atoms with van der Waals surface area (Å²) in [7, 11) is 0. The molecule has 124 valence electrons. The summed E-state index contributed by atoms with van der Waals surface area (Å²) in [4.78, 5) is 13.0. The molecule has 0 heterocycles. The van der Waals surface area contributed by atoms with Gasteiger partial charge in [0.1, 0.15) is 0 Å². The monoisotopic (exact) mass is 305 g/mol. The lowest BCUT2D eigenvalue weighted by molar-refractivity contribution is -0.137. The zero-order valence-corrected chi connectivity index (χ0v) is 14.3. The number of carbonyl (C=O) groups is 1. The topological polar surface area (TPSA) is 40.5 Å². The molecule has 0 atom stereocenters. The number of hydrogen-bond acceptors (Lipinski definition) is 2. The normalized spacial score (nSPS) is 11.8. The molecular weight excluding hydrogens is 274 g/mol. The van der Waals surface area contributed by atoms with Crippen molar-refractivity contribution >= 4 is 5.97 Å². The fourth-order valence-electron chi connectivity index (χ4n) is 2.56. The number of benzene rings is 1. The third kappa shape index (κ3) is 8.18. The average molecular weight is 305 g/mol. The number of hydrogen-bond donors (Lipinski definition) is 1. The highest BCUT2D eigenvalue weighted by molar-refractivity contribution is 5.66. The van der Waals surface area contributed by atoms with Gasteiger partial charge in [-0.25, -0.2) is 0 Å². The van der Waals surface area contributed by atoms with Crippen molar-refractivity contribution in [2.45, 2.75) is 71.4 Å². The van der Waals surface area contributed by atoms with Gasteiger partial charge < -0.3 is 5.11 Å². The Morgan fingerprint density at radius 1 is 1.00 bits per heavy atom. The highest BCUT2D eigenvalue weighted by Gasteiger charge is 2.20. The lowest BCUT2D eigenvalue weighted by Crippen LogP contribution is -2.41. The smallest absolute Gasteiger partial charge is 0.303 e. The molecule has 1 aromatic rings. The van der Waals surface area contributed by atoms with Gasteiger partial charge in [0.25, 0.3) is 0 Å². The third-order valence-electron chi connectivity index (χ3n) is 3.98. The van der Waals surface area contributed by atoms with Crippen LogP contribution in [-0.4, -0.2) is 28.1 Å². The maximum absolute atomic E-state index is 10.5. The minimum atomic E-state index is -0.679. The molecule has 0 aliphatic rings. The Morgan fingerprint density at radius 2 is 1.59 bits per heavy atom. The van der Waals surface area contributed by atoms with Crippen molar-refractivity contribution < 1.29 is 9.90 Å². The molecule has 0 aliphatic heterocycles. The number of carboxylic acid groups (broad SMARTS) is 1. The predicted molar refractivity (Wildman–Crippen MR) is 91.9 cm³/mol. The Bertz CT molecular complexity index is 423. The Labute approximate surface area is 135 Å². The summed E-state index contributed by atoms with van der Waals surface area (Å²) in [5.41, 5.74) is 1.53. The molecule has 0 radical (unpaired) electrons. The first-order valence-electron chi connectivity index (χ1n) is 8.40. The second-order valence-electron chi connectivity index (χ2n) is 6.99. The van der Waals surface area contributed by atoms with Crippen LogP contribution in [0.4, 0.5) is 0 Å². The molecule has 0 saturated carbocycles. The highest BCUT2D eigenvalue weighted by Crippen LogP contribution is 2.18. The van der Waals surface area contributed by atoms with E-state index in [1.54, 1.807) is 0 Å². The van der Waals surface area contributed by atoms with Gasteiger partial charge in [-0.15, -0.1) is 0 Å². The van der Waals surface area contributed by atoms with Crippen LogP contribution in [0.15, 0.2) is 30.3 Å². The van der Waals surface area contributed by atoms with Crippen LogP contribution in [0.3, 0.4) is 0 Å².